The summed E-state index contributed by atoms with van der Waals surface area (Å²) in [7, 11) is 0. The number of hydrogen-bond donors (Lipinski definition) is 1. The summed E-state index contributed by atoms with van der Waals surface area (Å²) < 4.78 is 10.7. The highest BCUT2D eigenvalue weighted by molar-refractivity contribution is 5.67. The van der Waals surface area contributed by atoms with Crippen LogP contribution in [0.1, 0.15) is 36.0 Å². The zero-order valence-electron chi connectivity index (χ0n) is 11.2. The molecule has 0 amide bonds. The van der Waals surface area contributed by atoms with E-state index in [-0.39, 0.29) is 5.92 Å². The molecule has 5 nitrogen and oxygen atoms in total. The van der Waals surface area contributed by atoms with Crippen molar-refractivity contribution in [3.63, 3.8) is 0 Å². The average Bonchev–Trinajstić information content (AvgIpc) is 2.95. The fourth-order valence-electron chi connectivity index (χ4n) is 2.26. The minimum absolute atomic E-state index is 0.252. The van der Waals surface area contributed by atoms with Crippen molar-refractivity contribution in [3.05, 3.63) is 41.5 Å². The molecule has 1 saturated heterocycles. The second-order valence-corrected chi connectivity index (χ2v) is 4.91. The molecule has 0 spiro atoms. The first-order valence-corrected chi connectivity index (χ1v) is 6.76. The van der Waals surface area contributed by atoms with Crippen LogP contribution in [0.4, 0.5) is 5.69 Å². The van der Waals surface area contributed by atoms with Gasteiger partial charge < -0.3 is 15.0 Å². The van der Waals surface area contributed by atoms with E-state index in [4.69, 9.17) is 15.0 Å². The van der Waals surface area contributed by atoms with Gasteiger partial charge in [0, 0.05) is 24.3 Å². The van der Waals surface area contributed by atoms with E-state index in [9.17, 15) is 0 Å². The van der Waals surface area contributed by atoms with E-state index in [0.717, 1.165) is 36.5 Å². The third kappa shape index (κ3) is 3.05. The first kappa shape index (κ1) is 12.9. The Labute approximate surface area is 117 Å². The number of benzene rings is 1. The zero-order chi connectivity index (χ0) is 13.8. The third-order valence-corrected chi connectivity index (χ3v) is 3.31. The van der Waals surface area contributed by atoms with E-state index in [1.807, 2.05) is 30.3 Å². The molecule has 1 aromatic heterocycles. The quantitative estimate of drug-likeness (QED) is 0.869. The predicted molar refractivity (Wildman–Crippen MR) is 76.9 cm³/mol. The Morgan fingerprint density at radius 3 is 3.05 bits per heavy atom. The molecular formula is C15H17N3O2. The van der Waals surface area contributed by atoms with Crippen LogP contribution in [-0.4, -0.2) is 23.4 Å². The lowest BCUT2D eigenvalue weighted by Gasteiger charge is -2.18. The van der Waals surface area contributed by atoms with Crippen LogP contribution in [0.2, 0.25) is 0 Å². The maximum atomic E-state index is 5.73. The first-order chi connectivity index (χ1) is 9.81. The van der Waals surface area contributed by atoms with Crippen LogP contribution >= 0.6 is 0 Å². The molecule has 2 N–H and O–H groups in total. The van der Waals surface area contributed by atoms with Gasteiger partial charge in [-0.1, -0.05) is 17.3 Å². The Balaban J connectivity index is 1.70. The highest BCUT2D eigenvalue weighted by atomic mass is 16.5. The fraction of sp³-hybridized carbons (Fsp3) is 0.333. The molecule has 0 aliphatic carbocycles. The molecule has 104 valence electrons. The third-order valence-electron chi connectivity index (χ3n) is 3.31. The van der Waals surface area contributed by atoms with Gasteiger partial charge in [-0.2, -0.15) is 4.98 Å². The molecule has 20 heavy (non-hydrogen) atoms. The smallest absolute Gasteiger partial charge is 0.250 e. The molecule has 1 aliphatic rings. The van der Waals surface area contributed by atoms with Crippen LogP contribution in [-0.2, 0) is 4.74 Å². The molecule has 0 bridgehead atoms. The summed E-state index contributed by atoms with van der Waals surface area (Å²) in [6.45, 7) is 1.51. The van der Waals surface area contributed by atoms with Gasteiger partial charge in [0.05, 0.1) is 6.61 Å². The molecular weight excluding hydrogens is 254 g/mol. The summed E-state index contributed by atoms with van der Waals surface area (Å²) in [5.41, 5.74) is 7.47. The molecule has 0 saturated carbocycles. The second kappa shape index (κ2) is 5.88. The Morgan fingerprint density at radius 1 is 1.30 bits per heavy atom. The van der Waals surface area contributed by atoms with Crippen LogP contribution in [0.5, 0.6) is 0 Å². The Morgan fingerprint density at radius 2 is 2.25 bits per heavy atom. The van der Waals surface area contributed by atoms with Gasteiger partial charge >= 0.3 is 0 Å². The van der Waals surface area contributed by atoms with E-state index in [2.05, 4.69) is 10.1 Å². The summed E-state index contributed by atoms with van der Waals surface area (Å²) in [5, 5.41) is 4.03. The Kier molecular flexibility index (Phi) is 3.78. The zero-order valence-corrected chi connectivity index (χ0v) is 11.2. The molecule has 1 fully saturated rings. The van der Waals surface area contributed by atoms with E-state index >= 15 is 0 Å². The number of ether oxygens (including phenoxy) is 1. The summed E-state index contributed by atoms with van der Waals surface area (Å²) in [4.78, 5) is 4.40. The van der Waals surface area contributed by atoms with Gasteiger partial charge in [-0.15, -0.1) is 0 Å². The molecule has 2 heterocycles. The number of rotatable bonds is 3. The van der Waals surface area contributed by atoms with Crippen LogP contribution in [0.25, 0.3) is 12.2 Å². The van der Waals surface area contributed by atoms with Gasteiger partial charge in [0.1, 0.15) is 0 Å². The minimum atomic E-state index is 0.252. The summed E-state index contributed by atoms with van der Waals surface area (Å²) >= 11 is 0. The number of nitrogen functional groups attached to an aromatic ring is 1. The van der Waals surface area contributed by atoms with Crippen molar-refractivity contribution in [1.82, 2.24) is 10.1 Å². The lowest BCUT2D eigenvalue weighted by Crippen LogP contribution is -2.16. The van der Waals surface area contributed by atoms with Crippen LogP contribution in [0, 0.1) is 0 Å². The molecule has 0 radical (unpaired) electrons. The average molecular weight is 271 g/mol. The van der Waals surface area contributed by atoms with Crippen molar-refractivity contribution in [2.24, 2.45) is 0 Å². The van der Waals surface area contributed by atoms with Crippen molar-refractivity contribution in [2.75, 3.05) is 18.9 Å². The number of hydrogen-bond acceptors (Lipinski definition) is 5. The Hall–Kier alpha value is -2.14. The van der Waals surface area contributed by atoms with Crippen molar-refractivity contribution in [2.45, 2.75) is 18.8 Å². The first-order valence-electron chi connectivity index (χ1n) is 6.76. The summed E-state index contributed by atoms with van der Waals surface area (Å²) in [5.74, 6) is 1.49. The summed E-state index contributed by atoms with van der Waals surface area (Å²) in [6, 6.07) is 7.63. The molecule has 3 rings (SSSR count). The Bertz CT molecular complexity index is 601. The van der Waals surface area contributed by atoms with Crippen LogP contribution in [0.15, 0.2) is 28.8 Å². The van der Waals surface area contributed by atoms with Crippen LogP contribution in [0.3, 0.4) is 0 Å². The monoisotopic (exact) mass is 271 g/mol. The number of anilines is 1. The molecule has 5 heteroatoms. The van der Waals surface area contributed by atoms with Gasteiger partial charge in [0.15, 0.2) is 5.82 Å². The number of nitrogens with zero attached hydrogens (tertiary/aromatic N) is 2. The number of nitrogens with two attached hydrogens (primary N) is 1. The lowest BCUT2D eigenvalue weighted by molar-refractivity contribution is 0.0773. The molecule has 1 aromatic carbocycles. The SMILES string of the molecule is Nc1cccc(/C=C/c2nc(C3CCCOC3)no2)c1. The van der Waals surface area contributed by atoms with E-state index in [0.29, 0.717) is 12.5 Å². The van der Waals surface area contributed by atoms with Crippen molar-refractivity contribution >= 4 is 17.8 Å². The molecule has 2 aromatic rings. The fourth-order valence-corrected chi connectivity index (χ4v) is 2.26. The highest BCUT2D eigenvalue weighted by Gasteiger charge is 2.20. The summed E-state index contributed by atoms with van der Waals surface area (Å²) in [6.07, 6.45) is 5.81. The van der Waals surface area contributed by atoms with Gasteiger partial charge in [-0.05, 0) is 36.6 Å². The van der Waals surface area contributed by atoms with Crippen molar-refractivity contribution in [1.29, 1.82) is 0 Å². The van der Waals surface area contributed by atoms with E-state index < -0.39 is 0 Å². The maximum absolute atomic E-state index is 5.73. The second-order valence-electron chi connectivity index (χ2n) is 4.91. The van der Waals surface area contributed by atoms with Crippen molar-refractivity contribution < 1.29 is 9.26 Å². The van der Waals surface area contributed by atoms with Gasteiger partial charge in [-0.25, -0.2) is 0 Å². The number of aromatic nitrogens is 2. The van der Waals surface area contributed by atoms with Gasteiger partial charge in [0.25, 0.3) is 5.89 Å². The molecule has 1 aliphatic heterocycles. The normalized spacial score (nSPS) is 19.5. The predicted octanol–water partition coefficient (Wildman–Crippen LogP) is 2.72. The minimum Gasteiger partial charge on any atom is -0.399 e. The topological polar surface area (TPSA) is 74.2 Å². The van der Waals surface area contributed by atoms with E-state index in [1.54, 1.807) is 6.08 Å². The van der Waals surface area contributed by atoms with Gasteiger partial charge in [0.2, 0.25) is 0 Å². The maximum Gasteiger partial charge on any atom is 0.250 e. The highest BCUT2D eigenvalue weighted by Crippen LogP contribution is 2.23. The van der Waals surface area contributed by atoms with E-state index in [1.165, 1.54) is 0 Å². The largest absolute Gasteiger partial charge is 0.399 e. The standard InChI is InChI=1S/C15H17N3O2/c16-13-5-1-3-11(9-13)6-7-14-17-15(18-20-14)12-4-2-8-19-10-12/h1,3,5-7,9,12H,2,4,8,10,16H2/b7-6+. The molecule has 1 atom stereocenters. The van der Waals surface area contributed by atoms with Crippen LogP contribution < -0.4 is 5.73 Å². The molecule has 1 unspecified atom stereocenters. The lowest BCUT2D eigenvalue weighted by atomic mass is 10.0. The van der Waals surface area contributed by atoms with Gasteiger partial charge in [-0.3, -0.25) is 0 Å². The van der Waals surface area contributed by atoms with Crippen molar-refractivity contribution in [3.8, 4) is 0 Å².